The molecule has 0 unspecified atom stereocenters. The van der Waals surface area contributed by atoms with Crippen LogP contribution in [0.25, 0.3) is 16.9 Å². The van der Waals surface area contributed by atoms with Gasteiger partial charge < -0.3 is 16.2 Å². The summed E-state index contributed by atoms with van der Waals surface area (Å²) in [6.45, 7) is 0. The van der Waals surface area contributed by atoms with Gasteiger partial charge in [-0.3, -0.25) is 4.79 Å². The first-order valence-electron chi connectivity index (χ1n) is 9.52. The molecule has 0 saturated heterocycles. The molecule has 4 N–H and O–H groups in total. The van der Waals surface area contributed by atoms with Crippen LogP contribution in [0.2, 0.25) is 0 Å². The zero-order valence-corrected chi connectivity index (χ0v) is 17.5. The summed E-state index contributed by atoms with van der Waals surface area (Å²) in [4.78, 5) is 26.0. The number of imidazole rings is 1. The number of carboxylic acid groups (broad SMARTS) is 1. The fourth-order valence-electron chi connectivity index (χ4n) is 3.25. The van der Waals surface area contributed by atoms with E-state index in [1.165, 1.54) is 11.3 Å². The van der Waals surface area contributed by atoms with Crippen LogP contribution in [0.5, 0.6) is 0 Å². The lowest BCUT2D eigenvalue weighted by Gasteiger charge is -2.36. The van der Waals surface area contributed by atoms with Crippen LogP contribution >= 0.6 is 11.3 Å². The molecule has 0 spiro atoms. The number of nitrogens with zero attached hydrogens (tertiary/aromatic N) is 3. The molecule has 4 rings (SSSR count). The second-order valence-electron chi connectivity index (χ2n) is 7.21. The summed E-state index contributed by atoms with van der Waals surface area (Å²) < 4.78 is 61.6. The van der Waals surface area contributed by atoms with Crippen LogP contribution in [0.4, 0.5) is 22.0 Å². The molecule has 3 aromatic heterocycles. The van der Waals surface area contributed by atoms with Gasteiger partial charge >= 0.3 is 12.1 Å². The van der Waals surface area contributed by atoms with Crippen molar-refractivity contribution in [2.45, 2.75) is 43.4 Å². The highest BCUT2D eigenvalue weighted by Gasteiger charge is 2.46. The number of nitrogens with two attached hydrogens (primary N) is 1. The van der Waals surface area contributed by atoms with Crippen molar-refractivity contribution in [3.05, 3.63) is 40.8 Å². The number of hydrogen-bond acceptors (Lipinski definition) is 6. The van der Waals surface area contributed by atoms with Crippen molar-refractivity contribution in [2.75, 3.05) is 0 Å². The monoisotopic (exact) mass is 491 g/mol. The average molecular weight is 491 g/mol. The molecular formula is C19H18F5N5O3S. The highest BCUT2D eigenvalue weighted by Crippen LogP contribution is 2.33. The van der Waals surface area contributed by atoms with E-state index >= 15 is 0 Å². The SMILES string of the molecule is N[C@@H]1CCCC(F)(F)[C@@H]1NC(=O)c1cc(-c2cnc3cccnn23)cs1.O=C(O)C(F)(F)F. The minimum Gasteiger partial charge on any atom is -0.475 e. The van der Waals surface area contributed by atoms with Crippen molar-refractivity contribution in [3.8, 4) is 11.3 Å². The van der Waals surface area contributed by atoms with Crippen LogP contribution in [-0.2, 0) is 4.79 Å². The molecule has 14 heteroatoms. The third-order valence-corrected chi connectivity index (χ3v) is 5.79. The summed E-state index contributed by atoms with van der Waals surface area (Å²) in [6, 6.07) is 3.18. The van der Waals surface area contributed by atoms with Crippen LogP contribution in [0, 0.1) is 0 Å². The quantitative estimate of drug-likeness (QED) is 0.483. The fraction of sp³-hybridized carbons (Fsp3) is 0.368. The van der Waals surface area contributed by atoms with Gasteiger partial charge in [-0.2, -0.15) is 18.3 Å². The van der Waals surface area contributed by atoms with Crippen LogP contribution in [0.3, 0.4) is 0 Å². The Morgan fingerprint density at radius 1 is 1.33 bits per heavy atom. The topological polar surface area (TPSA) is 123 Å². The minimum atomic E-state index is -5.08. The lowest BCUT2D eigenvalue weighted by molar-refractivity contribution is -0.192. The molecule has 3 aromatic rings. The second-order valence-corrected chi connectivity index (χ2v) is 8.12. The maximum Gasteiger partial charge on any atom is 0.490 e. The molecule has 2 atom stereocenters. The van der Waals surface area contributed by atoms with Gasteiger partial charge in [0.15, 0.2) is 5.65 Å². The van der Waals surface area contributed by atoms with Crippen molar-refractivity contribution in [1.29, 1.82) is 0 Å². The van der Waals surface area contributed by atoms with E-state index in [1.54, 1.807) is 34.4 Å². The zero-order chi connectivity index (χ0) is 24.4. The molecule has 3 heterocycles. The van der Waals surface area contributed by atoms with Crippen molar-refractivity contribution >= 4 is 28.9 Å². The summed E-state index contributed by atoms with van der Waals surface area (Å²) in [5.41, 5.74) is 7.99. The molecule has 0 aliphatic heterocycles. The third-order valence-electron chi connectivity index (χ3n) is 4.86. The number of carbonyl (C=O) groups is 2. The number of halogens is 5. The Labute approximate surface area is 187 Å². The number of carbonyl (C=O) groups excluding carboxylic acids is 1. The lowest BCUT2D eigenvalue weighted by atomic mass is 9.87. The number of fused-ring (bicyclic) bond motifs is 1. The first-order chi connectivity index (χ1) is 15.4. The number of nitrogens with one attached hydrogen (secondary N) is 1. The number of hydrogen-bond donors (Lipinski definition) is 3. The molecule has 0 aromatic carbocycles. The average Bonchev–Trinajstić information content (AvgIpc) is 3.37. The van der Waals surface area contributed by atoms with Crippen molar-refractivity contribution < 1.29 is 36.6 Å². The molecule has 0 bridgehead atoms. The van der Waals surface area contributed by atoms with E-state index in [-0.39, 0.29) is 6.42 Å². The lowest BCUT2D eigenvalue weighted by Crippen LogP contribution is -2.59. The predicted octanol–water partition coefficient (Wildman–Crippen LogP) is 3.34. The maximum absolute atomic E-state index is 14.1. The zero-order valence-electron chi connectivity index (χ0n) is 16.7. The molecule has 1 amide bonds. The molecule has 33 heavy (non-hydrogen) atoms. The Kier molecular flexibility index (Phi) is 6.97. The predicted molar refractivity (Wildman–Crippen MR) is 108 cm³/mol. The third kappa shape index (κ3) is 5.63. The van der Waals surface area contributed by atoms with Crippen molar-refractivity contribution in [1.82, 2.24) is 19.9 Å². The molecule has 1 aliphatic carbocycles. The standard InChI is InChI=1S/C17H17F2N5OS.C2HF3O2/c18-17(19)5-1-3-11(20)15(17)23-16(25)13-7-10(9-26-13)12-8-21-14-4-2-6-22-24(12)14;3-2(4,5)1(6)7/h2,4,6-9,11,15H,1,3,5,20H2,(H,23,25);(H,6,7)/t11-,15-;/m1./s1. The first-order valence-corrected chi connectivity index (χ1v) is 10.4. The number of aliphatic carboxylic acids is 1. The van der Waals surface area contributed by atoms with Gasteiger partial charge in [0, 0.05) is 29.6 Å². The number of rotatable bonds is 3. The van der Waals surface area contributed by atoms with Gasteiger partial charge in [0.1, 0.15) is 6.04 Å². The molecule has 1 fully saturated rings. The number of aromatic nitrogens is 3. The molecule has 1 aliphatic rings. The van der Waals surface area contributed by atoms with Crippen LogP contribution < -0.4 is 11.1 Å². The Morgan fingerprint density at radius 2 is 2.03 bits per heavy atom. The van der Waals surface area contributed by atoms with Crippen LogP contribution in [0.1, 0.15) is 28.9 Å². The summed E-state index contributed by atoms with van der Waals surface area (Å²) >= 11 is 1.19. The molecular weight excluding hydrogens is 473 g/mol. The van der Waals surface area contributed by atoms with Gasteiger partial charge in [-0.25, -0.2) is 23.1 Å². The highest BCUT2D eigenvalue weighted by molar-refractivity contribution is 7.12. The van der Waals surface area contributed by atoms with Gasteiger partial charge in [-0.1, -0.05) is 0 Å². The Balaban J connectivity index is 0.000000383. The molecule has 0 radical (unpaired) electrons. The van der Waals surface area contributed by atoms with E-state index in [0.29, 0.717) is 23.4 Å². The highest BCUT2D eigenvalue weighted by atomic mass is 32.1. The Hall–Kier alpha value is -3.13. The number of alkyl halides is 5. The van der Waals surface area contributed by atoms with E-state index in [0.717, 1.165) is 11.3 Å². The van der Waals surface area contributed by atoms with Crippen molar-refractivity contribution in [2.24, 2.45) is 5.73 Å². The second kappa shape index (κ2) is 9.39. The van der Waals surface area contributed by atoms with E-state index in [2.05, 4.69) is 15.4 Å². The van der Waals surface area contributed by atoms with Crippen LogP contribution in [0.15, 0.2) is 36.0 Å². The van der Waals surface area contributed by atoms with E-state index < -0.39 is 36.1 Å². The van der Waals surface area contributed by atoms with E-state index in [1.807, 2.05) is 6.07 Å². The first kappa shape index (κ1) is 24.5. The minimum absolute atomic E-state index is 0.255. The summed E-state index contributed by atoms with van der Waals surface area (Å²) in [5.74, 6) is -6.28. The molecule has 178 valence electrons. The number of thiophene rings is 1. The summed E-state index contributed by atoms with van der Waals surface area (Å²) in [7, 11) is 0. The fourth-order valence-corrected chi connectivity index (χ4v) is 4.05. The molecule has 1 saturated carbocycles. The van der Waals surface area contributed by atoms with Gasteiger partial charge in [0.25, 0.3) is 11.8 Å². The van der Waals surface area contributed by atoms with Crippen LogP contribution in [-0.4, -0.2) is 55.8 Å². The number of amides is 1. The largest absolute Gasteiger partial charge is 0.490 e. The summed E-state index contributed by atoms with van der Waals surface area (Å²) in [5, 5.41) is 15.6. The van der Waals surface area contributed by atoms with E-state index in [9.17, 15) is 26.7 Å². The normalized spacial score (nSPS) is 20.1. The molecule has 8 nitrogen and oxygen atoms in total. The Morgan fingerprint density at radius 3 is 2.67 bits per heavy atom. The van der Waals surface area contributed by atoms with E-state index in [4.69, 9.17) is 15.6 Å². The van der Waals surface area contributed by atoms with Crippen molar-refractivity contribution in [3.63, 3.8) is 0 Å². The number of carboxylic acids is 1. The van der Waals surface area contributed by atoms with Gasteiger partial charge in [-0.05, 0) is 31.0 Å². The van der Waals surface area contributed by atoms with Gasteiger partial charge in [-0.15, -0.1) is 11.3 Å². The maximum atomic E-state index is 14.1. The van der Waals surface area contributed by atoms with Gasteiger partial charge in [0.2, 0.25) is 0 Å². The summed E-state index contributed by atoms with van der Waals surface area (Å²) in [6.07, 6.45) is -1.19. The Bertz CT molecular complexity index is 1150. The van der Waals surface area contributed by atoms with Gasteiger partial charge in [0.05, 0.1) is 16.8 Å². The smallest absolute Gasteiger partial charge is 0.475 e.